The average Bonchev–Trinajstić information content (AvgIpc) is 2.93. The first-order valence-electron chi connectivity index (χ1n) is 9.30. The Kier molecular flexibility index (Phi) is 10.8. The first kappa shape index (κ1) is 19.0. The van der Waals surface area contributed by atoms with Gasteiger partial charge in [-0.3, -0.25) is 0 Å². The van der Waals surface area contributed by atoms with Crippen LogP contribution in [0.2, 0.25) is 0 Å². The highest BCUT2D eigenvalue weighted by Crippen LogP contribution is 2.38. The quantitative estimate of drug-likeness (QED) is 0.267. The first-order valence-corrected chi connectivity index (χ1v) is 9.30. The maximum atomic E-state index is 10.3. The maximum absolute atomic E-state index is 10.3. The molecule has 2 heteroatoms. The lowest BCUT2D eigenvalue weighted by molar-refractivity contribution is -0.131. The second kappa shape index (κ2) is 12.5. The Morgan fingerprint density at radius 3 is 2.41 bits per heavy atom. The first-order chi connectivity index (χ1) is 10.7. The zero-order valence-electron chi connectivity index (χ0n) is 14.3. The van der Waals surface area contributed by atoms with E-state index in [1.165, 1.54) is 76.7 Å². The standard InChI is InChI=1S/C20H34O2/c1-2-3-4-5-6-9-13-18-15-12-16-19(18)14-10-7-8-11-17-20(21)22/h7-8,11,17-19H,2-6,9-10,12-16H2,1H3,(H,21,22)/b8-7+,17-11+/t18-,19-/m0/s1. The van der Waals surface area contributed by atoms with Gasteiger partial charge in [-0.2, -0.15) is 0 Å². The maximum Gasteiger partial charge on any atom is 0.328 e. The van der Waals surface area contributed by atoms with Crippen molar-refractivity contribution in [2.75, 3.05) is 0 Å². The molecule has 2 nitrogen and oxygen atoms in total. The molecular weight excluding hydrogens is 272 g/mol. The van der Waals surface area contributed by atoms with Crippen LogP contribution in [0.4, 0.5) is 0 Å². The zero-order chi connectivity index (χ0) is 16.0. The van der Waals surface area contributed by atoms with Crippen molar-refractivity contribution in [2.45, 2.75) is 84.0 Å². The predicted molar refractivity (Wildman–Crippen MR) is 94.0 cm³/mol. The molecule has 1 rings (SSSR count). The summed E-state index contributed by atoms with van der Waals surface area (Å²) >= 11 is 0. The van der Waals surface area contributed by atoms with E-state index in [4.69, 9.17) is 5.11 Å². The van der Waals surface area contributed by atoms with Gasteiger partial charge in [-0.1, -0.05) is 89.4 Å². The van der Waals surface area contributed by atoms with E-state index >= 15 is 0 Å². The van der Waals surface area contributed by atoms with Crippen molar-refractivity contribution < 1.29 is 9.90 Å². The van der Waals surface area contributed by atoms with Crippen molar-refractivity contribution in [1.82, 2.24) is 0 Å². The van der Waals surface area contributed by atoms with Gasteiger partial charge in [-0.05, 0) is 24.7 Å². The third kappa shape index (κ3) is 9.07. The van der Waals surface area contributed by atoms with E-state index in [9.17, 15) is 4.79 Å². The molecule has 22 heavy (non-hydrogen) atoms. The van der Waals surface area contributed by atoms with Crippen molar-refractivity contribution in [2.24, 2.45) is 11.8 Å². The molecule has 0 aromatic carbocycles. The Balaban J connectivity index is 2.11. The normalized spacial score (nSPS) is 22.0. The fourth-order valence-electron chi connectivity index (χ4n) is 3.68. The Labute approximate surface area is 136 Å². The topological polar surface area (TPSA) is 37.3 Å². The summed E-state index contributed by atoms with van der Waals surface area (Å²) in [4.78, 5) is 10.3. The Morgan fingerprint density at radius 2 is 1.68 bits per heavy atom. The van der Waals surface area contributed by atoms with E-state index in [1.807, 2.05) is 6.08 Å². The minimum atomic E-state index is -0.876. The molecule has 0 bridgehead atoms. The van der Waals surface area contributed by atoms with E-state index < -0.39 is 5.97 Å². The highest BCUT2D eigenvalue weighted by molar-refractivity contribution is 5.80. The molecule has 0 aromatic rings. The fraction of sp³-hybridized carbons (Fsp3) is 0.750. The predicted octanol–water partition coefficient (Wildman–Crippen LogP) is 6.13. The van der Waals surface area contributed by atoms with E-state index in [2.05, 4.69) is 13.0 Å². The fourth-order valence-corrected chi connectivity index (χ4v) is 3.68. The van der Waals surface area contributed by atoms with Gasteiger partial charge in [-0.15, -0.1) is 0 Å². The van der Waals surface area contributed by atoms with Crippen LogP contribution in [0.15, 0.2) is 24.3 Å². The molecule has 1 aliphatic carbocycles. The van der Waals surface area contributed by atoms with Gasteiger partial charge in [0.05, 0.1) is 0 Å². The molecular formula is C20H34O2. The number of carbonyl (C=O) groups is 1. The molecule has 2 atom stereocenters. The van der Waals surface area contributed by atoms with Crippen molar-refractivity contribution in [1.29, 1.82) is 0 Å². The molecule has 0 aliphatic heterocycles. The zero-order valence-corrected chi connectivity index (χ0v) is 14.3. The van der Waals surface area contributed by atoms with E-state index in [-0.39, 0.29) is 0 Å². The van der Waals surface area contributed by atoms with E-state index in [0.29, 0.717) is 0 Å². The van der Waals surface area contributed by atoms with Gasteiger partial charge in [0.25, 0.3) is 0 Å². The molecule has 0 saturated heterocycles. The molecule has 1 saturated carbocycles. The second-order valence-electron chi connectivity index (χ2n) is 6.71. The summed E-state index contributed by atoms with van der Waals surface area (Å²) in [5.74, 6) is 0.984. The van der Waals surface area contributed by atoms with Gasteiger partial charge in [0.2, 0.25) is 0 Å². The highest BCUT2D eigenvalue weighted by Gasteiger charge is 2.25. The smallest absolute Gasteiger partial charge is 0.328 e. The van der Waals surface area contributed by atoms with Crippen molar-refractivity contribution in [3.63, 3.8) is 0 Å². The minimum Gasteiger partial charge on any atom is -0.478 e. The number of allylic oxidation sites excluding steroid dienone is 3. The molecule has 0 heterocycles. The lowest BCUT2D eigenvalue weighted by Gasteiger charge is -2.18. The summed E-state index contributed by atoms with van der Waals surface area (Å²) in [5.41, 5.74) is 0. The van der Waals surface area contributed by atoms with Gasteiger partial charge in [0.1, 0.15) is 0 Å². The molecule has 0 aromatic heterocycles. The highest BCUT2D eigenvalue weighted by atomic mass is 16.4. The van der Waals surface area contributed by atoms with Crippen molar-refractivity contribution in [3.8, 4) is 0 Å². The Hall–Kier alpha value is -1.05. The van der Waals surface area contributed by atoms with Gasteiger partial charge in [0.15, 0.2) is 0 Å². The Morgan fingerprint density at radius 1 is 1.00 bits per heavy atom. The van der Waals surface area contributed by atoms with Crippen LogP contribution in [0.1, 0.15) is 84.0 Å². The second-order valence-corrected chi connectivity index (χ2v) is 6.71. The van der Waals surface area contributed by atoms with Crippen LogP contribution in [-0.4, -0.2) is 11.1 Å². The largest absolute Gasteiger partial charge is 0.478 e. The van der Waals surface area contributed by atoms with E-state index in [1.54, 1.807) is 6.08 Å². The van der Waals surface area contributed by atoms with Gasteiger partial charge in [0, 0.05) is 6.08 Å². The summed E-state index contributed by atoms with van der Waals surface area (Å²) in [7, 11) is 0. The third-order valence-electron chi connectivity index (χ3n) is 4.94. The molecule has 0 radical (unpaired) electrons. The van der Waals surface area contributed by atoms with Crippen LogP contribution in [-0.2, 0) is 4.79 Å². The number of carboxylic acid groups (broad SMARTS) is 1. The molecule has 1 fully saturated rings. The number of rotatable bonds is 12. The number of aliphatic carboxylic acids is 1. The molecule has 126 valence electrons. The molecule has 1 N–H and O–H groups in total. The summed E-state index contributed by atoms with van der Waals surface area (Å²) in [6.45, 7) is 2.27. The van der Waals surface area contributed by atoms with Crippen molar-refractivity contribution in [3.05, 3.63) is 24.3 Å². The van der Waals surface area contributed by atoms with Crippen LogP contribution in [0.3, 0.4) is 0 Å². The summed E-state index contributed by atoms with van der Waals surface area (Å²) in [5, 5.41) is 8.51. The number of hydrogen-bond donors (Lipinski definition) is 1. The van der Waals surface area contributed by atoms with Gasteiger partial charge >= 0.3 is 5.97 Å². The third-order valence-corrected chi connectivity index (χ3v) is 4.94. The summed E-state index contributed by atoms with van der Waals surface area (Å²) in [6.07, 6.45) is 23.2. The average molecular weight is 306 g/mol. The molecule has 0 amide bonds. The monoisotopic (exact) mass is 306 g/mol. The molecule has 0 unspecified atom stereocenters. The minimum absolute atomic E-state index is 0.876. The number of carboxylic acids is 1. The van der Waals surface area contributed by atoms with Gasteiger partial charge < -0.3 is 5.11 Å². The number of hydrogen-bond acceptors (Lipinski definition) is 1. The SMILES string of the molecule is CCCCCCCC[C@H]1CCC[C@@H]1CC/C=C/C=C/C(=O)O. The van der Waals surface area contributed by atoms with Crippen molar-refractivity contribution >= 4 is 5.97 Å². The van der Waals surface area contributed by atoms with Crippen LogP contribution >= 0.6 is 0 Å². The summed E-state index contributed by atoms with van der Waals surface area (Å²) < 4.78 is 0. The number of unbranched alkanes of at least 4 members (excludes halogenated alkanes) is 5. The lowest BCUT2D eigenvalue weighted by Crippen LogP contribution is -2.07. The summed E-state index contributed by atoms with van der Waals surface area (Å²) in [6, 6.07) is 0. The van der Waals surface area contributed by atoms with Crippen LogP contribution in [0, 0.1) is 11.8 Å². The lowest BCUT2D eigenvalue weighted by atomic mass is 9.87. The van der Waals surface area contributed by atoms with Crippen LogP contribution in [0.5, 0.6) is 0 Å². The Bertz CT molecular complexity index is 344. The van der Waals surface area contributed by atoms with Crippen LogP contribution in [0.25, 0.3) is 0 Å². The van der Waals surface area contributed by atoms with E-state index in [0.717, 1.165) is 18.3 Å². The molecule has 0 spiro atoms. The van der Waals surface area contributed by atoms with Gasteiger partial charge in [-0.25, -0.2) is 4.79 Å². The molecule has 1 aliphatic rings. The van der Waals surface area contributed by atoms with Crippen LogP contribution < -0.4 is 0 Å².